The third kappa shape index (κ3) is 3.04. The van der Waals surface area contributed by atoms with Gasteiger partial charge in [0.1, 0.15) is 5.75 Å². The normalized spacial score (nSPS) is 11.0. The van der Waals surface area contributed by atoms with E-state index in [1.165, 1.54) is 7.11 Å². The van der Waals surface area contributed by atoms with E-state index in [0.717, 1.165) is 5.56 Å². The summed E-state index contributed by atoms with van der Waals surface area (Å²) in [6.07, 6.45) is 0.562. The van der Waals surface area contributed by atoms with Crippen molar-refractivity contribution in [2.75, 3.05) is 7.11 Å². The van der Waals surface area contributed by atoms with E-state index in [0.29, 0.717) is 22.2 Å². The molecule has 0 spiro atoms. The van der Waals surface area contributed by atoms with Crippen molar-refractivity contribution in [2.24, 2.45) is 5.41 Å². The maximum atomic E-state index is 8.97. The van der Waals surface area contributed by atoms with Gasteiger partial charge in [-0.2, -0.15) is 5.26 Å². The molecular formula is C12H13Cl2NO. The molecule has 4 heteroatoms. The zero-order chi connectivity index (χ0) is 12.3. The van der Waals surface area contributed by atoms with Crippen LogP contribution in [0.4, 0.5) is 0 Å². The average Bonchev–Trinajstić information content (AvgIpc) is 2.22. The average molecular weight is 258 g/mol. The van der Waals surface area contributed by atoms with Crippen LogP contribution in [-0.2, 0) is 6.42 Å². The molecule has 0 bridgehead atoms. The smallest absolute Gasteiger partial charge is 0.138 e. The van der Waals surface area contributed by atoms with Gasteiger partial charge >= 0.3 is 0 Å². The van der Waals surface area contributed by atoms with Gasteiger partial charge in [-0.3, -0.25) is 0 Å². The predicted octanol–water partition coefficient (Wildman–Crippen LogP) is 4.09. The van der Waals surface area contributed by atoms with Gasteiger partial charge < -0.3 is 4.74 Å². The highest BCUT2D eigenvalue weighted by molar-refractivity contribution is 6.34. The molecule has 0 aliphatic carbocycles. The molecular weight excluding hydrogens is 245 g/mol. The van der Waals surface area contributed by atoms with Crippen molar-refractivity contribution >= 4 is 23.2 Å². The summed E-state index contributed by atoms with van der Waals surface area (Å²) in [6, 6.07) is 5.66. The second kappa shape index (κ2) is 4.95. The Hall–Kier alpha value is -0.910. The van der Waals surface area contributed by atoms with Crippen molar-refractivity contribution in [3.8, 4) is 11.8 Å². The fraction of sp³-hybridized carbons (Fsp3) is 0.417. The maximum Gasteiger partial charge on any atom is 0.138 e. The van der Waals surface area contributed by atoms with Crippen LogP contribution in [0.25, 0.3) is 0 Å². The zero-order valence-electron chi connectivity index (χ0n) is 9.47. The van der Waals surface area contributed by atoms with Gasteiger partial charge in [-0.25, -0.2) is 0 Å². The molecule has 1 aromatic carbocycles. The Balaban J connectivity index is 3.08. The van der Waals surface area contributed by atoms with Gasteiger partial charge in [0, 0.05) is 11.1 Å². The van der Waals surface area contributed by atoms with Crippen LogP contribution in [0.1, 0.15) is 19.4 Å². The lowest BCUT2D eigenvalue weighted by atomic mass is 9.87. The molecule has 0 amide bonds. The van der Waals surface area contributed by atoms with E-state index in [1.807, 2.05) is 13.8 Å². The minimum atomic E-state index is -0.457. The van der Waals surface area contributed by atoms with Crippen LogP contribution < -0.4 is 4.74 Å². The number of nitriles is 1. The summed E-state index contributed by atoms with van der Waals surface area (Å²) < 4.78 is 5.06. The topological polar surface area (TPSA) is 33.0 Å². The van der Waals surface area contributed by atoms with Crippen molar-refractivity contribution in [1.29, 1.82) is 5.26 Å². The molecule has 0 atom stereocenters. The highest BCUT2D eigenvalue weighted by Crippen LogP contribution is 2.34. The molecule has 0 radical (unpaired) electrons. The molecule has 0 fully saturated rings. The van der Waals surface area contributed by atoms with E-state index in [-0.39, 0.29) is 0 Å². The molecule has 0 aliphatic rings. The summed E-state index contributed by atoms with van der Waals surface area (Å²) in [7, 11) is 1.54. The lowest BCUT2D eigenvalue weighted by Gasteiger charge is -2.17. The minimum Gasteiger partial charge on any atom is -0.495 e. The summed E-state index contributed by atoms with van der Waals surface area (Å²) in [4.78, 5) is 0. The van der Waals surface area contributed by atoms with E-state index in [9.17, 15) is 0 Å². The van der Waals surface area contributed by atoms with Crippen LogP contribution in [0.15, 0.2) is 12.1 Å². The van der Waals surface area contributed by atoms with Gasteiger partial charge in [0.15, 0.2) is 0 Å². The molecule has 1 aromatic rings. The number of halogens is 2. The Labute approximate surface area is 106 Å². The second-order valence-corrected chi connectivity index (χ2v) is 5.07. The van der Waals surface area contributed by atoms with E-state index in [4.69, 9.17) is 33.2 Å². The third-order valence-electron chi connectivity index (χ3n) is 2.26. The molecule has 86 valence electrons. The summed E-state index contributed by atoms with van der Waals surface area (Å²) >= 11 is 12.1. The summed E-state index contributed by atoms with van der Waals surface area (Å²) in [5, 5.41) is 10.0. The van der Waals surface area contributed by atoms with Gasteiger partial charge in [0.2, 0.25) is 0 Å². The van der Waals surface area contributed by atoms with E-state index < -0.39 is 5.41 Å². The van der Waals surface area contributed by atoms with Crippen LogP contribution in [0.5, 0.6) is 5.75 Å². The first-order chi connectivity index (χ1) is 7.39. The first-order valence-electron chi connectivity index (χ1n) is 4.83. The lowest BCUT2D eigenvalue weighted by molar-refractivity contribution is 0.414. The van der Waals surface area contributed by atoms with Crippen LogP contribution in [0.3, 0.4) is 0 Å². The van der Waals surface area contributed by atoms with Crippen LogP contribution in [0, 0.1) is 16.7 Å². The molecule has 0 aliphatic heterocycles. The number of nitrogens with zero attached hydrogens (tertiary/aromatic N) is 1. The van der Waals surface area contributed by atoms with Gasteiger partial charge in [0.05, 0.1) is 23.6 Å². The Morgan fingerprint density at radius 1 is 1.31 bits per heavy atom. The number of hydrogen-bond acceptors (Lipinski definition) is 2. The molecule has 0 N–H and O–H groups in total. The van der Waals surface area contributed by atoms with Crippen molar-refractivity contribution in [3.05, 3.63) is 27.7 Å². The van der Waals surface area contributed by atoms with Crippen molar-refractivity contribution in [1.82, 2.24) is 0 Å². The van der Waals surface area contributed by atoms with E-state index in [2.05, 4.69) is 6.07 Å². The van der Waals surface area contributed by atoms with Crippen molar-refractivity contribution in [3.63, 3.8) is 0 Å². The SMILES string of the molecule is COc1cc(Cl)c(CC(C)(C)C#N)cc1Cl. The summed E-state index contributed by atoms with van der Waals surface area (Å²) in [5.74, 6) is 0.546. The number of benzene rings is 1. The van der Waals surface area contributed by atoms with Gasteiger partial charge in [-0.1, -0.05) is 23.2 Å². The first kappa shape index (κ1) is 13.2. The van der Waals surface area contributed by atoms with Gasteiger partial charge in [0.25, 0.3) is 0 Å². The van der Waals surface area contributed by atoms with E-state index in [1.54, 1.807) is 12.1 Å². The standard InChI is InChI=1S/C12H13Cl2NO/c1-12(2,7-15)6-8-4-10(14)11(16-3)5-9(8)13/h4-5H,6H2,1-3H3. The zero-order valence-corrected chi connectivity index (χ0v) is 11.0. The molecule has 2 nitrogen and oxygen atoms in total. The minimum absolute atomic E-state index is 0.457. The largest absolute Gasteiger partial charge is 0.495 e. The molecule has 0 unspecified atom stereocenters. The molecule has 0 aromatic heterocycles. The number of hydrogen-bond donors (Lipinski definition) is 0. The second-order valence-electron chi connectivity index (χ2n) is 4.25. The van der Waals surface area contributed by atoms with Crippen LogP contribution in [0.2, 0.25) is 10.0 Å². The molecule has 0 saturated carbocycles. The Morgan fingerprint density at radius 2 is 1.94 bits per heavy atom. The highest BCUT2D eigenvalue weighted by Gasteiger charge is 2.20. The Morgan fingerprint density at radius 3 is 2.44 bits per heavy atom. The number of methoxy groups -OCH3 is 1. The predicted molar refractivity (Wildman–Crippen MR) is 66.1 cm³/mol. The molecule has 0 saturated heterocycles. The molecule has 16 heavy (non-hydrogen) atoms. The highest BCUT2D eigenvalue weighted by atomic mass is 35.5. The molecule has 0 heterocycles. The monoisotopic (exact) mass is 257 g/mol. The fourth-order valence-corrected chi connectivity index (χ4v) is 1.86. The third-order valence-corrected chi connectivity index (χ3v) is 2.90. The Kier molecular flexibility index (Phi) is 4.07. The first-order valence-corrected chi connectivity index (χ1v) is 5.58. The van der Waals surface area contributed by atoms with Crippen LogP contribution >= 0.6 is 23.2 Å². The van der Waals surface area contributed by atoms with Gasteiger partial charge in [-0.15, -0.1) is 0 Å². The summed E-state index contributed by atoms with van der Waals surface area (Å²) in [5.41, 5.74) is 0.403. The number of rotatable bonds is 3. The van der Waals surface area contributed by atoms with E-state index >= 15 is 0 Å². The van der Waals surface area contributed by atoms with Crippen molar-refractivity contribution in [2.45, 2.75) is 20.3 Å². The fourth-order valence-electron chi connectivity index (χ4n) is 1.38. The van der Waals surface area contributed by atoms with Crippen LogP contribution in [-0.4, -0.2) is 7.11 Å². The van der Waals surface area contributed by atoms with Crippen molar-refractivity contribution < 1.29 is 4.74 Å². The maximum absolute atomic E-state index is 8.97. The number of ether oxygens (including phenoxy) is 1. The quantitative estimate of drug-likeness (QED) is 0.817. The molecule has 1 rings (SSSR count). The Bertz CT molecular complexity index is 435. The lowest BCUT2D eigenvalue weighted by Crippen LogP contribution is -2.12. The van der Waals surface area contributed by atoms with Gasteiger partial charge in [-0.05, 0) is 31.9 Å². The summed E-state index contributed by atoms with van der Waals surface area (Å²) in [6.45, 7) is 3.73.